The van der Waals surface area contributed by atoms with Crippen LogP contribution in [0.3, 0.4) is 0 Å². The van der Waals surface area contributed by atoms with Crippen molar-refractivity contribution in [3.05, 3.63) is 35.9 Å². The lowest BCUT2D eigenvalue weighted by molar-refractivity contribution is -0.145. The molecule has 12 nitrogen and oxygen atoms in total. The standard InChI is InChI=1S/C35H53N5O7S/c1-20(2)25(19-48(46,47)18-22-12-9-8-10-13-22)38-33(45)39-29(34(3,4)5)32(44)40-17-23-26(35(23,6)7)27(40)31(43)37-24(28(41)30(36)42)16-21-14-11-15-21/h8-10,12-13,20-21,23-27,29H,11,14-19H2,1-7H3,(H2,36,42)(H,37,43)(H2,38,39,45)/t23?,24?,25-,26+,27+,29-/m1/s1. The van der Waals surface area contributed by atoms with Crippen molar-refractivity contribution < 1.29 is 32.4 Å². The SMILES string of the molecule is CC(C)[C@@H](CS(=O)(=O)Cc1ccccc1)NC(=O)N[C@H](C(=O)N1CC2[C@@H]([C@H]1C(=O)NC(CC1CCC1)C(=O)C(N)=O)C2(C)C)C(C)(C)C. The van der Waals surface area contributed by atoms with E-state index in [1.807, 2.05) is 33.8 Å². The molecule has 0 bridgehead atoms. The number of hydrogen-bond acceptors (Lipinski definition) is 7. The van der Waals surface area contributed by atoms with E-state index in [1.54, 1.807) is 45.0 Å². The summed E-state index contributed by atoms with van der Waals surface area (Å²) in [6, 6.07) is 4.41. The molecule has 4 rings (SSSR count). The summed E-state index contributed by atoms with van der Waals surface area (Å²) < 4.78 is 26.1. The monoisotopic (exact) mass is 687 g/mol. The Bertz CT molecular complexity index is 1500. The van der Waals surface area contributed by atoms with Crippen LogP contribution in [-0.4, -0.2) is 79.3 Å². The Hall–Kier alpha value is -3.48. The van der Waals surface area contributed by atoms with Crippen molar-refractivity contribution >= 4 is 39.4 Å². The smallest absolute Gasteiger partial charge is 0.315 e. The predicted octanol–water partition coefficient (Wildman–Crippen LogP) is 2.55. The van der Waals surface area contributed by atoms with Crippen LogP contribution in [0.25, 0.3) is 0 Å². The molecule has 2 unspecified atom stereocenters. The van der Waals surface area contributed by atoms with Crippen LogP contribution in [0.15, 0.2) is 30.3 Å². The van der Waals surface area contributed by atoms with Gasteiger partial charge in [0.2, 0.25) is 17.6 Å². The summed E-state index contributed by atoms with van der Waals surface area (Å²) in [6.07, 6.45) is 3.15. The molecule has 0 radical (unpaired) electrons. The Balaban J connectivity index is 1.50. The maximum atomic E-state index is 14.3. The fraction of sp³-hybridized carbons (Fsp3) is 0.686. The van der Waals surface area contributed by atoms with Crippen molar-refractivity contribution in [3.63, 3.8) is 0 Å². The maximum absolute atomic E-state index is 14.3. The fourth-order valence-corrected chi connectivity index (χ4v) is 9.09. The van der Waals surface area contributed by atoms with Gasteiger partial charge in [-0.05, 0) is 46.5 Å². The van der Waals surface area contributed by atoms with Crippen LogP contribution < -0.4 is 21.7 Å². The van der Waals surface area contributed by atoms with E-state index in [0.29, 0.717) is 18.5 Å². The number of rotatable bonds is 14. The Labute approximate surface area is 284 Å². The number of nitrogens with one attached hydrogen (secondary N) is 3. The van der Waals surface area contributed by atoms with Crippen LogP contribution >= 0.6 is 0 Å². The molecule has 1 aliphatic heterocycles. The van der Waals surface area contributed by atoms with Crippen LogP contribution in [-0.2, 0) is 34.8 Å². The minimum absolute atomic E-state index is 0.0451. The normalized spacial score (nSPS) is 23.7. The van der Waals surface area contributed by atoms with E-state index >= 15 is 0 Å². The maximum Gasteiger partial charge on any atom is 0.315 e. The highest BCUT2D eigenvalue weighted by atomic mass is 32.2. The van der Waals surface area contributed by atoms with Crippen molar-refractivity contribution in [1.29, 1.82) is 0 Å². The molecule has 2 saturated carbocycles. The molecule has 5 amide bonds. The zero-order valence-corrected chi connectivity index (χ0v) is 30.1. The number of sulfone groups is 1. The molecule has 5 N–H and O–H groups in total. The molecule has 0 spiro atoms. The molecule has 2 aliphatic carbocycles. The quantitative estimate of drug-likeness (QED) is 0.217. The van der Waals surface area contributed by atoms with Gasteiger partial charge in [0.15, 0.2) is 9.84 Å². The van der Waals surface area contributed by atoms with Gasteiger partial charge in [0, 0.05) is 12.6 Å². The molecule has 3 fully saturated rings. The number of hydrogen-bond donors (Lipinski definition) is 4. The number of nitrogens with two attached hydrogens (primary N) is 1. The lowest BCUT2D eigenvalue weighted by Gasteiger charge is -2.38. The molecule has 1 heterocycles. The van der Waals surface area contributed by atoms with E-state index < -0.39 is 69.0 Å². The first-order valence-electron chi connectivity index (χ1n) is 17.0. The number of likely N-dealkylation sites (tertiary alicyclic amines) is 1. The number of Topliss-reactive ketones (excluding diaryl/α,β-unsaturated/α-hetero) is 1. The lowest BCUT2D eigenvalue weighted by Crippen LogP contribution is -2.62. The largest absolute Gasteiger partial charge is 0.363 e. The molecule has 266 valence electrons. The molecule has 1 saturated heterocycles. The minimum atomic E-state index is -3.58. The molecule has 6 atom stereocenters. The lowest BCUT2D eigenvalue weighted by atomic mass is 9.80. The third-order valence-electron chi connectivity index (χ3n) is 10.6. The van der Waals surface area contributed by atoms with Gasteiger partial charge in [-0.25, -0.2) is 13.2 Å². The number of amides is 5. The van der Waals surface area contributed by atoms with Crippen LogP contribution in [0.1, 0.15) is 79.7 Å². The topological polar surface area (TPSA) is 185 Å². The first-order valence-corrected chi connectivity index (χ1v) is 18.8. The Morgan fingerprint density at radius 3 is 2.15 bits per heavy atom. The summed E-state index contributed by atoms with van der Waals surface area (Å²) in [5.74, 6) is -3.49. The summed E-state index contributed by atoms with van der Waals surface area (Å²) >= 11 is 0. The summed E-state index contributed by atoms with van der Waals surface area (Å²) in [6.45, 7) is 13.4. The minimum Gasteiger partial charge on any atom is -0.363 e. The molecule has 13 heteroatoms. The molecule has 1 aromatic rings. The first-order chi connectivity index (χ1) is 22.2. The summed E-state index contributed by atoms with van der Waals surface area (Å²) in [7, 11) is -3.58. The number of benzene rings is 1. The van der Waals surface area contributed by atoms with Gasteiger partial charge in [-0.15, -0.1) is 0 Å². The molecule has 0 aromatic heterocycles. The van der Waals surface area contributed by atoms with Gasteiger partial charge in [-0.1, -0.05) is 98.1 Å². The highest BCUT2D eigenvalue weighted by Crippen LogP contribution is 2.65. The average Bonchev–Trinajstić information content (AvgIpc) is 3.27. The van der Waals surface area contributed by atoms with Crippen LogP contribution in [0.2, 0.25) is 0 Å². The number of piperidine rings is 1. The van der Waals surface area contributed by atoms with Gasteiger partial charge in [0.05, 0.1) is 17.5 Å². The van der Waals surface area contributed by atoms with E-state index in [9.17, 15) is 32.4 Å². The predicted molar refractivity (Wildman–Crippen MR) is 182 cm³/mol. The third kappa shape index (κ3) is 8.56. The highest BCUT2D eigenvalue weighted by molar-refractivity contribution is 7.90. The van der Waals surface area contributed by atoms with Gasteiger partial charge >= 0.3 is 6.03 Å². The van der Waals surface area contributed by atoms with Gasteiger partial charge in [-0.3, -0.25) is 19.2 Å². The summed E-state index contributed by atoms with van der Waals surface area (Å²) in [5, 5.41) is 8.36. The van der Waals surface area contributed by atoms with Crippen molar-refractivity contribution in [2.24, 2.45) is 40.2 Å². The summed E-state index contributed by atoms with van der Waals surface area (Å²) in [4.78, 5) is 67.7. The third-order valence-corrected chi connectivity index (χ3v) is 12.2. The number of carbonyl (C=O) groups is 5. The second kappa shape index (κ2) is 14.2. The van der Waals surface area contributed by atoms with Gasteiger partial charge in [0.25, 0.3) is 5.91 Å². The number of primary amides is 1. The number of ketones is 1. The number of urea groups is 1. The van der Waals surface area contributed by atoms with Crippen LogP contribution in [0.5, 0.6) is 0 Å². The van der Waals surface area contributed by atoms with E-state index in [-0.39, 0.29) is 40.6 Å². The van der Waals surface area contributed by atoms with Crippen molar-refractivity contribution in [2.45, 2.75) is 104 Å². The Morgan fingerprint density at radius 1 is 1.00 bits per heavy atom. The van der Waals surface area contributed by atoms with Crippen molar-refractivity contribution in [2.75, 3.05) is 12.3 Å². The number of fused-ring (bicyclic) bond motifs is 1. The second-order valence-corrected chi connectivity index (χ2v) is 18.1. The molecule has 1 aromatic carbocycles. The first kappa shape index (κ1) is 37.3. The number of carbonyl (C=O) groups excluding carboxylic acids is 5. The highest BCUT2D eigenvalue weighted by Gasteiger charge is 2.70. The zero-order chi connectivity index (χ0) is 35.8. The molecule has 48 heavy (non-hydrogen) atoms. The van der Waals surface area contributed by atoms with Crippen molar-refractivity contribution in [1.82, 2.24) is 20.9 Å². The molecule has 3 aliphatic rings. The van der Waals surface area contributed by atoms with E-state index in [4.69, 9.17) is 5.73 Å². The summed E-state index contributed by atoms with van der Waals surface area (Å²) in [5.41, 5.74) is 4.99. The van der Waals surface area contributed by atoms with E-state index in [0.717, 1.165) is 19.3 Å². The molecular weight excluding hydrogens is 634 g/mol. The number of nitrogens with zero attached hydrogens (tertiary/aromatic N) is 1. The molecular formula is C35H53N5O7S. The Kier molecular flexibility index (Phi) is 11.0. The average molecular weight is 688 g/mol. The van der Waals surface area contributed by atoms with E-state index in [1.165, 1.54) is 4.90 Å². The van der Waals surface area contributed by atoms with E-state index in [2.05, 4.69) is 16.0 Å². The van der Waals surface area contributed by atoms with Gasteiger partial charge in [0.1, 0.15) is 12.1 Å². The second-order valence-electron chi connectivity index (χ2n) is 16.0. The van der Waals surface area contributed by atoms with Gasteiger partial charge in [-0.2, -0.15) is 0 Å². The van der Waals surface area contributed by atoms with Crippen molar-refractivity contribution in [3.8, 4) is 0 Å². The van der Waals surface area contributed by atoms with Gasteiger partial charge < -0.3 is 26.6 Å². The zero-order valence-electron chi connectivity index (χ0n) is 29.2. The van der Waals surface area contributed by atoms with Crippen LogP contribution in [0, 0.1) is 34.5 Å². The van der Waals surface area contributed by atoms with Crippen LogP contribution in [0.4, 0.5) is 4.79 Å². The fourth-order valence-electron chi connectivity index (χ4n) is 7.25. The Morgan fingerprint density at radius 2 is 1.62 bits per heavy atom.